The predicted molar refractivity (Wildman–Crippen MR) is 82.3 cm³/mol. The SMILES string of the molecule is CC.CC(=O)/C(O)=C/C=C/c1ccc(C(C)C)cc1. The van der Waals surface area contributed by atoms with Gasteiger partial charge in [-0.05, 0) is 23.1 Å². The Morgan fingerprint density at radius 1 is 1.16 bits per heavy atom. The molecule has 0 spiro atoms. The molecule has 0 heterocycles. The summed E-state index contributed by atoms with van der Waals surface area (Å²) in [5.41, 5.74) is 2.34. The molecule has 2 nitrogen and oxygen atoms in total. The minimum atomic E-state index is -0.329. The summed E-state index contributed by atoms with van der Waals surface area (Å²) in [5.74, 6) is -0.0282. The van der Waals surface area contributed by atoms with Crippen LogP contribution in [0.5, 0.6) is 0 Å². The second-order valence-electron chi connectivity index (χ2n) is 4.29. The van der Waals surface area contributed by atoms with Gasteiger partial charge in [-0.25, -0.2) is 0 Å². The van der Waals surface area contributed by atoms with Crippen molar-refractivity contribution in [3.8, 4) is 0 Å². The number of hydrogen-bond donors (Lipinski definition) is 1. The zero-order valence-corrected chi connectivity index (χ0v) is 12.5. The first-order valence-electron chi connectivity index (χ1n) is 6.69. The van der Waals surface area contributed by atoms with Gasteiger partial charge in [0.25, 0.3) is 0 Å². The van der Waals surface area contributed by atoms with E-state index in [9.17, 15) is 9.90 Å². The first-order valence-corrected chi connectivity index (χ1v) is 6.69. The van der Waals surface area contributed by atoms with E-state index in [0.717, 1.165) is 5.56 Å². The maximum atomic E-state index is 10.8. The fourth-order valence-electron chi connectivity index (χ4n) is 1.36. The van der Waals surface area contributed by atoms with Crippen LogP contribution < -0.4 is 0 Å². The molecule has 0 aliphatic carbocycles. The van der Waals surface area contributed by atoms with Crippen molar-refractivity contribution in [1.82, 2.24) is 0 Å². The topological polar surface area (TPSA) is 37.3 Å². The van der Waals surface area contributed by atoms with E-state index < -0.39 is 0 Å². The summed E-state index contributed by atoms with van der Waals surface area (Å²) >= 11 is 0. The number of rotatable bonds is 4. The number of ketones is 1. The number of aliphatic hydroxyl groups is 1. The second-order valence-corrected chi connectivity index (χ2v) is 4.29. The molecule has 0 saturated heterocycles. The van der Waals surface area contributed by atoms with Crippen molar-refractivity contribution in [2.45, 2.75) is 40.5 Å². The lowest BCUT2D eigenvalue weighted by atomic mass is 10.0. The van der Waals surface area contributed by atoms with Gasteiger partial charge in [-0.3, -0.25) is 4.79 Å². The molecule has 0 fully saturated rings. The Morgan fingerprint density at radius 3 is 2.11 bits per heavy atom. The van der Waals surface area contributed by atoms with Gasteiger partial charge in [0.2, 0.25) is 0 Å². The molecule has 1 aromatic carbocycles. The van der Waals surface area contributed by atoms with E-state index in [4.69, 9.17) is 0 Å². The number of carbonyl (C=O) groups is 1. The third-order valence-electron chi connectivity index (χ3n) is 2.51. The first kappa shape index (κ1) is 17.2. The van der Waals surface area contributed by atoms with Crippen LogP contribution in [0.15, 0.2) is 42.2 Å². The normalized spacial score (nSPS) is 11.4. The maximum Gasteiger partial charge on any atom is 0.194 e. The Kier molecular flexibility index (Phi) is 8.27. The van der Waals surface area contributed by atoms with E-state index in [2.05, 4.69) is 26.0 Å². The summed E-state index contributed by atoms with van der Waals surface area (Å²) in [4.78, 5) is 10.8. The van der Waals surface area contributed by atoms with Gasteiger partial charge < -0.3 is 5.11 Å². The van der Waals surface area contributed by atoms with Crippen LogP contribution in [0.1, 0.15) is 51.7 Å². The lowest BCUT2D eigenvalue weighted by Gasteiger charge is -2.04. The van der Waals surface area contributed by atoms with Crippen molar-refractivity contribution < 1.29 is 9.90 Å². The summed E-state index contributed by atoms with van der Waals surface area (Å²) in [5, 5.41) is 9.18. The average Bonchev–Trinajstić information content (AvgIpc) is 2.41. The van der Waals surface area contributed by atoms with Gasteiger partial charge in [0.1, 0.15) is 0 Å². The number of Topliss-reactive ketones (excluding diaryl/α,β-unsaturated/α-hetero) is 1. The van der Waals surface area contributed by atoms with Gasteiger partial charge in [-0.2, -0.15) is 0 Å². The number of carbonyl (C=O) groups excluding carboxylic acids is 1. The zero-order valence-electron chi connectivity index (χ0n) is 12.5. The molecule has 0 aromatic heterocycles. The number of benzene rings is 1. The summed E-state index contributed by atoms with van der Waals surface area (Å²) in [6.45, 7) is 9.63. The smallest absolute Gasteiger partial charge is 0.194 e. The molecule has 0 saturated carbocycles. The molecule has 19 heavy (non-hydrogen) atoms. The number of aliphatic hydroxyl groups excluding tert-OH is 1. The lowest BCUT2D eigenvalue weighted by molar-refractivity contribution is -0.115. The fourth-order valence-corrected chi connectivity index (χ4v) is 1.36. The van der Waals surface area contributed by atoms with Crippen LogP contribution in [0, 0.1) is 0 Å². The minimum Gasteiger partial charge on any atom is -0.504 e. The van der Waals surface area contributed by atoms with Gasteiger partial charge in [0.05, 0.1) is 0 Å². The number of allylic oxidation sites excluding steroid dienone is 3. The summed E-state index contributed by atoms with van der Waals surface area (Å²) in [6, 6.07) is 8.20. The van der Waals surface area contributed by atoms with E-state index in [1.165, 1.54) is 18.6 Å². The van der Waals surface area contributed by atoms with E-state index >= 15 is 0 Å². The molecule has 0 radical (unpaired) electrons. The molecule has 0 bridgehead atoms. The van der Waals surface area contributed by atoms with Crippen molar-refractivity contribution in [3.63, 3.8) is 0 Å². The third-order valence-corrected chi connectivity index (χ3v) is 2.51. The van der Waals surface area contributed by atoms with Gasteiger partial charge >= 0.3 is 0 Å². The van der Waals surface area contributed by atoms with Gasteiger partial charge in [0.15, 0.2) is 11.5 Å². The highest BCUT2D eigenvalue weighted by atomic mass is 16.3. The van der Waals surface area contributed by atoms with Crippen LogP contribution in [0.25, 0.3) is 6.08 Å². The van der Waals surface area contributed by atoms with Crippen LogP contribution in [-0.4, -0.2) is 10.9 Å². The summed E-state index contributed by atoms with van der Waals surface area (Å²) < 4.78 is 0. The highest BCUT2D eigenvalue weighted by Gasteiger charge is 1.97. The van der Waals surface area contributed by atoms with Crippen molar-refractivity contribution in [3.05, 3.63) is 53.3 Å². The monoisotopic (exact) mass is 260 g/mol. The van der Waals surface area contributed by atoms with E-state index in [0.29, 0.717) is 5.92 Å². The van der Waals surface area contributed by atoms with Crippen molar-refractivity contribution in [2.24, 2.45) is 0 Å². The Hall–Kier alpha value is -1.83. The largest absolute Gasteiger partial charge is 0.504 e. The quantitative estimate of drug-likeness (QED) is 0.476. The highest BCUT2D eigenvalue weighted by molar-refractivity contribution is 5.91. The molecule has 1 rings (SSSR count). The molecule has 0 aliphatic heterocycles. The van der Waals surface area contributed by atoms with E-state index in [1.807, 2.05) is 32.1 Å². The predicted octanol–water partition coefficient (Wildman–Crippen LogP) is 4.88. The van der Waals surface area contributed by atoms with Gasteiger partial charge in [0, 0.05) is 6.92 Å². The molecule has 0 unspecified atom stereocenters. The maximum absolute atomic E-state index is 10.8. The first-order chi connectivity index (χ1) is 9.00. The Labute approximate surface area is 116 Å². The number of hydrogen-bond acceptors (Lipinski definition) is 2. The van der Waals surface area contributed by atoms with Crippen molar-refractivity contribution >= 4 is 11.9 Å². The molecule has 0 aliphatic rings. The van der Waals surface area contributed by atoms with Gasteiger partial charge in [-0.15, -0.1) is 0 Å². The van der Waals surface area contributed by atoms with Crippen LogP contribution >= 0.6 is 0 Å². The van der Waals surface area contributed by atoms with Crippen molar-refractivity contribution in [2.75, 3.05) is 0 Å². The molecular weight excluding hydrogens is 236 g/mol. The lowest BCUT2D eigenvalue weighted by Crippen LogP contribution is -1.92. The zero-order chi connectivity index (χ0) is 14.8. The Bertz CT molecular complexity index is 437. The van der Waals surface area contributed by atoms with E-state index in [1.54, 1.807) is 6.08 Å². The third kappa shape index (κ3) is 6.61. The molecule has 1 aromatic rings. The summed E-state index contributed by atoms with van der Waals surface area (Å²) in [7, 11) is 0. The molecule has 104 valence electrons. The Morgan fingerprint density at radius 2 is 1.68 bits per heavy atom. The molecule has 2 heteroatoms. The standard InChI is InChI=1S/C15H18O2.C2H6/c1-11(2)14-9-7-13(8-10-14)5-4-6-15(17)12(3)16;1-2/h4-11,17H,1-3H3;1-2H3/b5-4+,15-6-;. The Balaban J connectivity index is 0.00000154. The molecule has 0 atom stereocenters. The molecule has 1 N–H and O–H groups in total. The van der Waals surface area contributed by atoms with E-state index in [-0.39, 0.29) is 11.5 Å². The van der Waals surface area contributed by atoms with Gasteiger partial charge in [-0.1, -0.05) is 64.1 Å². The van der Waals surface area contributed by atoms with Crippen LogP contribution in [-0.2, 0) is 4.79 Å². The highest BCUT2D eigenvalue weighted by Crippen LogP contribution is 2.15. The molecular formula is C17H24O2. The second kappa shape index (κ2) is 9.15. The van der Waals surface area contributed by atoms with Crippen LogP contribution in [0.3, 0.4) is 0 Å². The van der Waals surface area contributed by atoms with Crippen LogP contribution in [0.4, 0.5) is 0 Å². The van der Waals surface area contributed by atoms with Crippen molar-refractivity contribution in [1.29, 1.82) is 0 Å². The molecule has 0 amide bonds. The fraction of sp³-hybridized carbons (Fsp3) is 0.353. The minimum absolute atomic E-state index is 0.222. The summed E-state index contributed by atoms with van der Waals surface area (Å²) in [6.07, 6.45) is 4.92. The average molecular weight is 260 g/mol. The van der Waals surface area contributed by atoms with Crippen LogP contribution in [0.2, 0.25) is 0 Å².